The van der Waals surface area contributed by atoms with Crippen molar-refractivity contribution in [1.82, 2.24) is 4.98 Å². The van der Waals surface area contributed by atoms with Gasteiger partial charge in [-0.15, -0.1) is 0 Å². The molecule has 8 heteroatoms. The molecule has 1 aromatic rings. The van der Waals surface area contributed by atoms with Gasteiger partial charge < -0.3 is 5.11 Å². The minimum absolute atomic E-state index is 0.0854. The monoisotopic (exact) mass is 353 g/mol. The number of halogens is 6. The predicted molar refractivity (Wildman–Crippen MR) is 52.8 cm³/mol. The molecule has 0 amide bonds. The van der Waals surface area contributed by atoms with Crippen molar-refractivity contribution in [1.29, 1.82) is 0 Å². The van der Waals surface area contributed by atoms with E-state index >= 15 is 0 Å². The molecule has 0 saturated carbocycles. The normalized spacial score (nSPS) is 12.2. The highest BCUT2D eigenvalue weighted by Gasteiger charge is 2.35. The summed E-state index contributed by atoms with van der Waals surface area (Å²) in [4.78, 5) is 2.84. The fraction of sp³-hybridized carbons (Fsp3) is 0.375. The Bertz CT molecular complexity index is 393. The average molecular weight is 353 g/mol. The number of aliphatic hydroxyl groups is 1. The van der Waals surface area contributed by atoms with Gasteiger partial charge in [0.2, 0.25) is 0 Å². The van der Waals surface area contributed by atoms with E-state index in [1.807, 2.05) is 0 Å². The van der Waals surface area contributed by atoms with E-state index in [2.05, 4.69) is 4.98 Å². The zero-order valence-corrected chi connectivity index (χ0v) is 9.68. The molecule has 0 radical (unpaired) electrons. The first kappa shape index (κ1) is 13.6. The van der Waals surface area contributed by atoms with Crippen molar-refractivity contribution in [2.24, 2.45) is 0 Å². The van der Waals surface area contributed by atoms with Gasteiger partial charge in [-0.25, -0.2) is 13.8 Å². The van der Waals surface area contributed by atoms with Gasteiger partial charge in [0.15, 0.2) is 0 Å². The number of rotatable bonds is 2. The van der Waals surface area contributed by atoms with E-state index in [-0.39, 0.29) is 9.13 Å². The van der Waals surface area contributed by atoms with Gasteiger partial charge in [-0.05, 0) is 28.7 Å². The third-order valence-electron chi connectivity index (χ3n) is 1.76. The van der Waals surface area contributed by atoms with Gasteiger partial charge in [-0.1, -0.05) is 0 Å². The van der Waals surface area contributed by atoms with E-state index in [9.17, 15) is 22.0 Å². The number of hydrogen-bond acceptors (Lipinski definition) is 2. The third kappa shape index (κ3) is 2.78. The zero-order chi connectivity index (χ0) is 12.5. The first-order valence-electron chi connectivity index (χ1n) is 3.93. The molecule has 0 saturated heterocycles. The van der Waals surface area contributed by atoms with Gasteiger partial charge in [-0.3, -0.25) is 0 Å². The summed E-state index contributed by atoms with van der Waals surface area (Å²) >= 11 is 1.45. The van der Waals surface area contributed by atoms with Gasteiger partial charge >= 0.3 is 6.18 Å². The smallest absolute Gasteiger partial charge is 0.392 e. The zero-order valence-electron chi connectivity index (χ0n) is 7.52. The highest BCUT2D eigenvalue weighted by molar-refractivity contribution is 14.1. The Morgan fingerprint density at radius 2 is 1.94 bits per heavy atom. The maximum atomic E-state index is 12.4. The standard InChI is InChI=1S/C8H5F5INO/c9-7(10)6-3(2-16)4(14)1-5(15-6)8(11,12)13/h1,7,16H,2H2. The number of aliphatic hydroxyl groups excluding tert-OH is 1. The molecule has 0 aliphatic heterocycles. The summed E-state index contributed by atoms with van der Waals surface area (Å²) in [5.41, 5.74) is -2.69. The summed E-state index contributed by atoms with van der Waals surface area (Å²) in [5, 5.41) is 8.78. The van der Waals surface area contributed by atoms with Crippen LogP contribution in [-0.4, -0.2) is 10.1 Å². The van der Waals surface area contributed by atoms with Crippen LogP contribution in [0.25, 0.3) is 0 Å². The Balaban J connectivity index is 3.40. The van der Waals surface area contributed by atoms with Crippen LogP contribution in [0.15, 0.2) is 6.07 Å². The summed E-state index contributed by atoms with van der Waals surface area (Å²) < 4.78 is 61.6. The Hall–Kier alpha value is -0.510. The minimum atomic E-state index is -4.78. The quantitative estimate of drug-likeness (QED) is 0.655. The van der Waals surface area contributed by atoms with Crippen LogP contribution < -0.4 is 0 Å². The van der Waals surface area contributed by atoms with Crippen LogP contribution in [0.3, 0.4) is 0 Å². The summed E-state index contributed by atoms with van der Waals surface area (Å²) in [6.45, 7) is -0.775. The highest BCUT2D eigenvalue weighted by Crippen LogP contribution is 2.33. The van der Waals surface area contributed by atoms with E-state index in [1.165, 1.54) is 22.6 Å². The van der Waals surface area contributed by atoms with Crippen LogP contribution >= 0.6 is 22.6 Å². The number of pyridine rings is 1. The molecule has 0 spiro atoms. The molecule has 0 aliphatic carbocycles. The molecular weight excluding hydrogens is 348 g/mol. The minimum Gasteiger partial charge on any atom is -0.392 e. The second-order valence-corrected chi connectivity index (χ2v) is 3.97. The molecule has 0 aliphatic rings. The molecular formula is C8H5F5INO. The van der Waals surface area contributed by atoms with Crippen LogP contribution in [-0.2, 0) is 12.8 Å². The Morgan fingerprint density at radius 1 is 1.38 bits per heavy atom. The molecule has 0 bridgehead atoms. The van der Waals surface area contributed by atoms with Crippen molar-refractivity contribution < 1.29 is 27.1 Å². The Morgan fingerprint density at radius 3 is 2.31 bits per heavy atom. The molecule has 0 fully saturated rings. The number of alkyl halides is 5. The highest BCUT2D eigenvalue weighted by atomic mass is 127. The molecule has 1 rings (SSSR count). The summed E-state index contributed by atoms with van der Waals surface area (Å²) in [7, 11) is 0. The summed E-state index contributed by atoms with van der Waals surface area (Å²) in [5.74, 6) is 0. The number of hydrogen-bond donors (Lipinski definition) is 1. The molecule has 2 nitrogen and oxygen atoms in total. The Kier molecular flexibility index (Phi) is 4.05. The van der Waals surface area contributed by atoms with Gasteiger partial charge in [0.1, 0.15) is 11.4 Å². The van der Waals surface area contributed by atoms with Gasteiger partial charge in [0, 0.05) is 9.13 Å². The van der Waals surface area contributed by atoms with Crippen LogP contribution in [0.5, 0.6) is 0 Å². The maximum Gasteiger partial charge on any atom is 0.433 e. The molecule has 16 heavy (non-hydrogen) atoms. The van der Waals surface area contributed by atoms with Crippen LogP contribution in [0.2, 0.25) is 0 Å². The van der Waals surface area contributed by atoms with Gasteiger partial charge in [0.05, 0.1) is 6.61 Å². The van der Waals surface area contributed by atoms with Crippen LogP contribution in [0, 0.1) is 3.57 Å². The molecule has 1 N–H and O–H groups in total. The third-order valence-corrected chi connectivity index (χ3v) is 2.72. The maximum absolute atomic E-state index is 12.4. The Labute approximate surface area is 101 Å². The fourth-order valence-corrected chi connectivity index (χ4v) is 1.78. The lowest BCUT2D eigenvalue weighted by Gasteiger charge is -2.12. The van der Waals surface area contributed by atoms with Crippen LogP contribution in [0.4, 0.5) is 22.0 Å². The largest absolute Gasteiger partial charge is 0.433 e. The van der Waals surface area contributed by atoms with Crippen molar-refractivity contribution in [2.75, 3.05) is 0 Å². The molecule has 1 heterocycles. The van der Waals surface area contributed by atoms with E-state index in [0.29, 0.717) is 6.07 Å². The topological polar surface area (TPSA) is 33.1 Å². The van der Waals surface area contributed by atoms with Gasteiger partial charge in [0.25, 0.3) is 6.43 Å². The molecule has 1 aromatic heterocycles. The van der Waals surface area contributed by atoms with Crippen molar-refractivity contribution in [3.8, 4) is 0 Å². The van der Waals surface area contributed by atoms with Crippen molar-refractivity contribution in [2.45, 2.75) is 19.2 Å². The molecule has 0 unspecified atom stereocenters. The van der Waals surface area contributed by atoms with E-state index < -0.39 is 30.6 Å². The predicted octanol–water partition coefficient (Wildman–Crippen LogP) is 3.13. The lowest BCUT2D eigenvalue weighted by molar-refractivity contribution is -0.141. The molecule has 0 aromatic carbocycles. The summed E-state index contributed by atoms with van der Waals surface area (Å²) in [6, 6.07) is 0.623. The fourth-order valence-electron chi connectivity index (χ4n) is 1.04. The number of nitrogens with zero attached hydrogens (tertiary/aromatic N) is 1. The first-order chi connectivity index (χ1) is 7.27. The number of aromatic nitrogens is 1. The summed E-state index contributed by atoms with van der Waals surface area (Å²) in [6.07, 6.45) is -7.93. The van der Waals surface area contributed by atoms with E-state index in [0.717, 1.165) is 0 Å². The first-order valence-corrected chi connectivity index (χ1v) is 5.00. The molecule has 0 atom stereocenters. The van der Waals surface area contributed by atoms with Crippen molar-refractivity contribution in [3.05, 3.63) is 26.6 Å². The van der Waals surface area contributed by atoms with Crippen molar-refractivity contribution >= 4 is 22.6 Å². The second kappa shape index (κ2) is 4.78. The van der Waals surface area contributed by atoms with E-state index in [1.54, 1.807) is 0 Å². The second-order valence-electron chi connectivity index (χ2n) is 2.81. The average Bonchev–Trinajstić information content (AvgIpc) is 2.14. The van der Waals surface area contributed by atoms with E-state index in [4.69, 9.17) is 5.11 Å². The molecule has 90 valence electrons. The van der Waals surface area contributed by atoms with Crippen LogP contribution in [0.1, 0.15) is 23.4 Å². The lowest BCUT2D eigenvalue weighted by atomic mass is 10.2. The lowest BCUT2D eigenvalue weighted by Crippen LogP contribution is -2.13. The SMILES string of the molecule is OCc1c(I)cc(C(F)(F)F)nc1C(F)F. The van der Waals surface area contributed by atoms with Crippen molar-refractivity contribution in [3.63, 3.8) is 0 Å². The van der Waals surface area contributed by atoms with Gasteiger partial charge in [-0.2, -0.15) is 13.2 Å².